The molecule has 2 rings (SSSR count). The lowest BCUT2D eigenvalue weighted by Gasteiger charge is -2.34. The summed E-state index contributed by atoms with van der Waals surface area (Å²) in [5, 5.41) is 6.89. The van der Waals surface area contributed by atoms with Crippen LogP contribution in [0.25, 0.3) is 0 Å². The third-order valence-corrected chi connectivity index (χ3v) is 6.04. The Morgan fingerprint density at radius 1 is 1.32 bits per heavy atom. The molecule has 2 unspecified atom stereocenters. The second-order valence-electron chi connectivity index (χ2n) is 5.89. The summed E-state index contributed by atoms with van der Waals surface area (Å²) in [5.74, 6) is 0.820. The van der Waals surface area contributed by atoms with E-state index in [2.05, 4.69) is 4.31 Å². The van der Waals surface area contributed by atoms with Gasteiger partial charge in [0.05, 0.1) is 18.6 Å². The SMILES string of the molecule is CCOCC1CCCCN1S(=O)c1c(C)cc(OC)cc1C.O=CO. The van der Waals surface area contributed by atoms with Gasteiger partial charge in [0, 0.05) is 19.2 Å². The second-order valence-corrected chi connectivity index (χ2v) is 7.27. The van der Waals surface area contributed by atoms with Crippen LogP contribution in [-0.2, 0) is 20.5 Å². The van der Waals surface area contributed by atoms with Crippen molar-refractivity contribution in [1.82, 2.24) is 4.31 Å². The molecule has 0 amide bonds. The summed E-state index contributed by atoms with van der Waals surface area (Å²) in [7, 11) is 0.521. The van der Waals surface area contributed by atoms with Gasteiger partial charge in [-0.1, -0.05) is 6.42 Å². The Labute approximate surface area is 152 Å². The molecule has 1 aromatic rings. The number of methoxy groups -OCH3 is 1. The Hall–Kier alpha value is -1.44. The van der Waals surface area contributed by atoms with E-state index in [1.807, 2.05) is 32.9 Å². The molecule has 2 atom stereocenters. The molecule has 1 aliphatic rings. The molecule has 6 nitrogen and oxygen atoms in total. The standard InChI is InChI=1S/C17H27NO3S.CH2O2/c1-5-21-12-15-8-6-7-9-18(15)22(19)17-13(2)10-16(20-4)11-14(17)3;2-1-3/h10-11,15H,5-9,12H2,1-4H3;1H,(H,2,3). The molecule has 7 heteroatoms. The molecule has 1 aliphatic heterocycles. The fourth-order valence-electron chi connectivity index (χ4n) is 3.03. The van der Waals surface area contributed by atoms with Crippen molar-refractivity contribution in [2.24, 2.45) is 0 Å². The number of carbonyl (C=O) groups is 1. The number of carboxylic acid groups (broad SMARTS) is 1. The lowest BCUT2D eigenvalue weighted by molar-refractivity contribution is -0.122. The molecule has 0 aromatic heterocycles. The van der Waals surface area contributed by atoms with E-state index < -0.39 is 11.0 Å². The number of hydrogen-bond acceptors (Lipinski definition) is 4. The van der Waals surface area contributed by atoms with Crippen LogP contribution < -0.4 is 4.74 Å². The number of hydrogen-bond donors (Lipinski definition) is 1. The summed E-state index contributed by atoms with van der Waals surface area (Å²) in [4.78, 5) is 9.28. The van der Waals surface area contributed by atoms with Gasteiger partial charge in [-0.05, 0) is 56.9 Å². The van der Waals surface area contributed by atoms with Gasteiger partial charge in [0.2, 0.25) is 0 Å². The number of aryl methyl sites for hydroxylation is 2. The second kappa shape index (κ2) is 11.2. The van der Waals surface area contributed by atoms with Crippen molar-refractivity contribution in [1.29, 1.82) is 0 Å². The Morgan fingerprint density at radius 3 is 2.44 bits per heavy atom. The average molecular weight is 371 g/mol. The van der Waals surface area contributed by atoms with Crippen LogP contribution in [0.15, 0.2) is 17.0 Å². The van der Waals surface area contributed by atoms with Gasteiger partial charge in [-0.15, -0.1) is 0 Å². The highest BCUT2D eigenvalue weighted by Crippen LogP contribution is 2.29. The molecule has 1 aromatic carbocycles. The largest absolute Gasteiger partial charge is 0.497 e. The highest BCUT2D eigenvalue weighted by Gasteiger charge is 2.29. The Bertz CT molecular complexity index is 556. The fraction of sp³-hybridized carbons (Fsp3) is 0.611. The predicted molar refractivity (Wildman–Crippen MR) is 98.4 cm³/mol. The topological polar surface area (TPSA) is 76.1 Å². The first-order chi connectivity index (χ1) is 12.0. The van der Waals surface area contributed by atoms with Crippen LogP contribution in [0.2, 0.25) is 0 Å². The zero-order valence-electron chi connectivity index (χ0n) is 15.5. The molecule has 142 valence electrons. The minimum Gasteiger partial charge on any atom is -0.497 e. The molecule has 0 aliphatic carbocycles. The zero-order chi connectivity index (χ0) is 18.8. The predicted octanol–water partition coefficient (Wildman–Crippen LogP) is 2.93. The van der Waals surface area contributed by atoms with Crippen LogP contribution in [-0.4, -0.2) is 53.0 Å². The monoisotopic (exact) mass is 371 g/mol. The summed E-state index contributed by atoms with van der Waals surface area (Å²) in [6.45, 7) is 8.00. The Balaban J connectivity index is 0.000000970. The fourth-order valence-corrected chi connectivity index (χ4v) is 4.67. The van der Waals surface area contributed by atoms with Crippen LogP contribution in [0.5, 0.6) is 5.75 Å². The molecule has 1 N–H and O–H groups in total. The van der Waals surface area contributed by atoms with Crippen molar-refractivity contribution in [3.05, 3.63) is 23.3 Å². The van der Waals surface area contributed by atoms with Crippen molar-refractivity contribution in [2.75, 3.05) is 26.9 Å². The summed E-state index contributed by atoms with van der Waals surface area (Å²) >= 11 is 0. The first kappa shape index (κ1) is 21.6. The smallest absolute Gasteiger partial charge is 0.290 e. The van der Waals surface area contributed by atoms with E-state index in [4.69, 9.17) is 19.4 Å². The van der Waals surface area contributed by atoms with Gasteiger partial charge in [-0.3, -0.25) is 4.79 Å². The molecule has 1 heterocycles. The lowest BCUT2D eigenvalue weighted by atomic mass is 10.1. The van der Waals surface area contributed by atoms with E-state index in [1.54, 1.807) is 7.11 Å². The summed E-state index contributed by atoms with van der Waals surface area (Å²) in [6.07, 6.45) is 3.34. The lowest BCUT2D eigenvalue weighted by Crippen LogP contribution is -2.43. The molecular formula is C18H29NO5S. The third kappa shape index (κ3) is 6.09. The minimum atomic E-state index is -1.14. The molecular weight excluding hydrogens is 342 g/mol. The molecule has 0 radical (unpaired) electrons. The molecule has 0 spiro atoms. The van der Waals surface area contributed by atoms with Crippen molar-refractivity contribution in [3.63, 3.8) is 0 Å². The summed E-state index contributed by atoms with van der Waals surface area (Å²) < 4.78 is 26.2. The summed E-state index contributed by atoms with van der Waals surface area (Å²) in [5.41, 5.74) is 2.05. The minimum absolute atomic E-state index is 0.246. The van der Waals surface area contributed by atoms with Gasteiger partial charge in [0.1, 0.15) is 16.7 Å². The molecule has 25 heavy (non-hydrogen) atoms. The van der Waals surface area contributed by atoms with E-state index in [1.165, 1.54) is 6.42 Å². The molecule has 1 fully saturated rings. The van der Waals surface area contributed by atoms with Gasteiger partial charge >= 0.3 is 0 Å². The van der Waals surface area contributed by atoms with Crippen molar-refractivity contribution in [3.8, 4) is 5.75 Å². The van der Waals surface area contributed by atoms with Gasteiger partial charge in [0.25, 0.3) is 6.47 Å². The quantitative estimate of drug-likeness (QED) is 0.778. The van der Waals surface area contributed by atoms with Crippen molar-refractivity contribution in [2.45, 2.75) is 51.0 Å². The zero-order valence-corrected chi connectivity index (χ0v) is 16.3. The van der Waals surface area contributed by atoms with E-state index in [0.29, 0.717) is 13.2 Å². The maximum absolute atomic E-state index is 13.2. The van der Waals surface area contributed by atoms with E-state index in [0.717, 1.165) is 41.2 Å². The van der Waals surface area contributed by atoms with Crippen LogP contribution in [0.4, 0.5) is 0 Å². The van der Waals surface area contributed by atoms with Crippen LogP contribution >= 0.6 is 0 Å². The maximum atomic E-state index is 13.2. The normalized spacial score (nSPS) is 18.8. The van der Waals surface area contributed by atoms with Crippen LogP contribution in [0, 0.1) is 13.8 Å². The summed E-state index contributed by atoms with van der Waals surface area (Å²) in [6, 6.07) is 4.17. The number of piperidine rings is 1. The van der Waals surface area contributed by atoms with E-state index >= 15 is 0 Å². The van der Waals surface area contributed by atoms with Gasteiger partial charge in [-0.25, -0.2) is 8.51 Å². The van der Waals surface area contributed by atoms with Crippen LogP contribution in [0.3, 0.4) is 0 Å². The van der Waals surface area contributed by atoms with Crippen molar-refractivity contribution >= 4 is 17.5 Å². The highest BCUT2D eigenvalue weighted by molar-refractivity contribution is 7.82. The first-order valence-electron chi connectivity index (χ1n) is 8.49. The number of benzene rings is 1. The van der Waals surface area contributed by atoms with Gasteiger partial charge in [-0.2, -0.15) is 0 Å². The molecule has 1 saturated heterocycles. The van der Waals surface area contributed by atoms with E-state index in [-0.39, 0.29) is 12.5 Å². The highest BCUT2D eigenvalue weighted by atomic mass is 32.2. The number of rotatable bonds is 6. The number of nitrogens with zero attached hydrogens (tertiary/aromatic N) is 1. The van der Waals surface area contributed by atoms with Gasteiger partial charge in [0.15, 0.2) is 0 Å². The van der Waals surface area contributed by atoms with Crippen LogP contribution in [0.1, 0.15) is 37.3 Å². The first-order valence-corrected chi connectivity index (χ1v) is 9.60. The van der Waals surface area contributed by atoms with E-state index in [9.17, 15) is 4.21 Å². The van der Waals surface area contributed by atoms with Gasteiger partial charge < -0.3 is 14.6 Å². The average Bonchev–Trinajstić information content (AvgIpc) is 2.60. The molecule has 0 saturated carbocycles. The maximum Gasteiger partial charge on any atom is 0.290 e. The van der Waals surface area contributed by atoms with Crippen molar-refractivity contribution < 1.29 is 23.6 Å². The molecule has 0 bridgehead atoms. The Kier molecular flexibility index (Phi) is 9.70. The third-order valence-electron chi connectivity index (χ3n) is 4.14. The number of ether oxygens (including phenoxy) is 2. The Morgan fingerprint density at radius 2 is 1.92 bits per heavy atom.